The number of amides is 1. The predicted octanol–water partition coefficient (Wildman–Crippen LogP) is 2.61. The Bertz CT molecular complexity index is 1090. The van der Waals surface area contributed by atoms with Crippen molar-refractivity contribution in [2.45, 2.75) is 31.5 Å². The van der Waals surface area contributed by atoms with Crippen LogP contribution in [0.25, 0.3) is 5.57 Å². The van der Waals surface area contributed by atoms with Gasteiger partial charge in [0.05, 0.1) is 30.6 Å². The van der Waals surface area contributed by atoms with Crippen LogP contribution in [-0.4, -0.2) is 69.1 Å². The van der Waals surface area contributed by atoms with Crippen molar-refractivity contribution in [3.8, 4) is 5.88 Å². The minimum absolute atomic E-state index is 0.0490. The molecule has 2 aromatic heterocycles. The molecule has 0 spiro atoms. The molecule has 1 amide bonds. The van der Waals surface area contributed by atoms with Crippen molar-refractivity contribution in [3.63, 3.8) is 0 Å². The Balaban J connectivity index is 1.88. The number of nitrogens with two attached hydrogens (primary N) is 1. The molecule has 1 aliphatic rings. The maximum absolute atomic E-state index is 14.4. The lowest BCUT2D eigenvalue weighted by molar-refractivity contribution is -0.151. The van der Waals surface area contributed by atoms with Crippen molar-refractivity contribution in [1.82, 2.24) is 24.8 Å². The highest BCUT2D eigenvalue weighted by Gasteiger charge is 2.47. The van der Waals surface area contributed by atoms with Crippen LogP contribution in [0.15, 0.2) is 41.5 Å². The first-order valence-electron chi connectivity index (χ1n) is 10.3. The molecule has 1 aliphatic heterocycles. The second-order valence-electron chi connectivity index (χ2n) is 7.87. The van der Waals surface area contributed by atoms with Crippen LogP contribution in [0.2, 0.25) is 0 Å². The molecule has 0 radical (unpaired) electrons. The summed E-state index contributed by atoms with van der Waals surface area (Å²) in [6.07, 6.45) is 0.145. The number of carbonyl (C=O) groups excluding carboxylic acids is 1. The number of carbonyl (C=O) groups is 1. The van der Waals surface area contributed by atoms with E-state index in [0.717, 1.165) is 11.1 Å². The highest BCUT2D eigenvalue weighted by atomic mass is 19.4. The largest absolute Gasteiger partial charge is 0.474 e. The Labute approximate surface area is 197 Å². The normalized spacial score (nSPS) is 21.1. The number of hydrogen-bond donors (Lipinski definition) is 1. The fourth-order valence-electron chi connectivity index (χ4n) is 3.61. The number of aromatic nitrogens is 4. The van der Waals surface area contributed by atoms with E-state index in [2.05, 4.69) is 24.9 Å². The van der Waals surface area contributed by atoms with Crippen molar-refractivity contribution >= 4 is 17.7 Å². The van der Waals surface area contributed by atoms with Crippen LogP contribution in [-0.2, 0) is 11.0 Å². The quantitative estimate of drug-likeness (QED) is 0.369. The molecule has 0 aliphatic carbocycles. The summed E-state index contributed by atoms with van der Waals surface area (Å²) in [6, 6.07) is 0.661. The third-order valence-corrected chi connectivity index (χ3v) is 5.25. The van der Waals surface area contributed by atoms with Gasteiger partial charge in [-0.15, -0.1) is 0 Å². The smallest absolute Gasteiger partial charge is 0.434 e. The van der Waals surface area contributed by atoms with Crippen LogP contribution in [0.4, 0.5) is 22.0 Å². The second-order valence-corrected chi connectivity index (χ2v) is 7.87. The number of likely N-dealkylation sites (tertiary alicyclic amines) is 1. The lowest BCUT2D eigenvalue weighted by Gasteiger charge is -2.43. The molecule has 3 rings (SSSR count). The standard InChI is InChI=1S/C21H22F5N7O2/c1-12-6-20(22,23)11-33(14(12)10-35-16-9-31-15(8-32-16)21(24,25)26)19(34)17(27)13(7-28-2)18-29-4-3-5-30-18/h3-5,7-9,12,14H,6,10-11,27H2,1-2H3/t12-,14?/m1/s1. The van der Waals surface area contributed by atoms with Gasteiger partial charge in [-0.1, -0.05) is 6.92 Å². The number of hydrogen-bond acceptors (Lipinski definition) is 8. The van der Waals surface area contributed by atoms with Crippen molar-refractivity contribution in [3.05, 3.63) is 48.1 Å². The Morgan fingerprint density at radius 1 is 1.26 bits per heavy atom. The molecule has 0 aromatic carbocycles. The highest BCUT2D eigenvalue weighted by molar-refractivity contribution is 6.17. The summed E-state index contributed by atoms with van der Waals surface area (Å²) >= 11 is 0. The fourth-order valence-corrected chi connectivity index (χ4v) is 3.61. The zero-order valence-corrected chi connectivity index (χ0v) is 18.7. The number of nitrogens with zero attached hydrogens (tertiary/aromatic N) is 6. The van der Waals surface area contributed by atoms with E-state index in [1.54, 1.807) is 6.07 Å². The van der Waals surface area contributed by atoms with E-state index in [1.165, 1.54) is 32.6 Å². The van der Waals surface area contributed by atoms with Crippen LogP contribution >= 0.6 is 0 Å². The van der Waals surface area contributed by atoms with E-state index in [1.807, 2.05) is 0 Å². The first kappa shape index (κ1) is 25.9. The Hall–Kier alpha value is -3.71. The molecule has 14 heteroatoms. The van der Waals surface area contributed by atoms with Gasteiger partial charge in [-0.2, -0.15) is 13.2 Å². The van der Waals surface area contributed by atoms with E-state index in [9.17, 15) is 26.7 Å². The summed E-state index contributed by atoms with van der Waals surface area (Å²) < 4.78 is 72.3. The molecular formula is C21H22F5N7O2. The molecular weight excluding hydrogens is 477 g/mol. The van der Waals surface area contributed by atoms with Gasteiger partial charge in [-0.05, 0) is 12.0 Å². The van der Waals surface area contributed by atoms with E-state index in [0.29, 0.717) is 6.20 Å². The lowest BCUT2D eigenvalue weighted by Crippen LogP contribution is -2.58. The maximum Gasteiger partial charge on any atom is 0.434 e. The van der Waals surface area contributed by atoms with E-state index >= 15 is 0 Å². The lowest BCUT2D eigenvalue weighted by atomic mass is 9.88. The molecule has 1 fully saturated rings. The minimum Gasteiger partial charge on any atom is -0.474 e. The summed E-state index contributed by atoms with van der Waals surface area (Å²) in [7, 11) is 1.43. The zero-order valence-electron chi connectivity index (χ0n) is 18.7. The van der Waals surface area contributed by atoms with Gasteiger partial charge in [0.25, 0.3) is 11.8 Å². The molecule has 188 valence electrons. The number of ether oxygens (including phenoxy) is 1. The topological polar surface area (TPSA) is 119 Å². The van der Waals surface area contributed by atoms with Crippen molar-refractivity contribution < 1.29 is 31.5 Å². The summed E-state index contributed by atoms with van der Waals surface area (Å²) in [5.74, 6) is -5.02. The van der Waals surface area contributed by atoms with E-state index < -0.39 is 54.3 Å². The first-order valence-corrected chi connectivity index (χ1v) is 10.3. The van der Waals surface area contributed by atoms with Crippen LogP contribution < -0.4 is 10.5 Å². The van der Waals surface area contributed by atoms with Gasteiger partial charge in [0.15, 0.2) is 11.5 Å². The molecule has 2 atom stereocenters. The molecule has 9 nitrogen and oxygen atoms in total. The Kier molecular flexibility index (Phi) is 7.60. The molecule has 2 aromatic rings. The number of piperidine rings is 1. The minimum atomic E-state index is -4.68. The van der Waals surface area contributed by atoms with Gasteiger partial charge < -0.3 is 15.4 Å². The number of allylic oxidation sites excluding steroid dienone is 1. The molecule has 2 N–H and O–H groups in total. The Morgan fingerprint density at radius 2 is 1.94 bits per heavy atom. The van der Waals surface area contributed by atoms with Gasteiger partial charge in [0, 0.05) is 32.1 Å². The fraction of sp³-hybridized carbons (Fsp3) is 0.429. The average Bonchev–Trinajstić information content (AvgIpc) is 2.80. The SMILES string of the molecule is CN=CC(=C(N)C(=O)N1CC(F)(F)C[C@@H](C)C1COc1cnc(C(F)(F)F)cn1)c1ncccn1. The molecule has 0 saturated carbocycles. The Morgan fingerprint density at radius 3 is 2.51 bits per heavy atom. The number of rotatable bonds is 6. The number of alkyl halides is 5. The summed E-state index contributed by atoms with van der Waals surface area (Å²) in [6.45, 7) is 0.250. The highest BCUT2D eigenvalue weighted by Crippen LogP contribution is 2.35. The molecule has 1 saturated heterocycles. The molecule has 3 heterocycles. The first-order chi connectivity index (χ1) is 16.4. The molecule has 1 unspecified atom stereocenters. The van der Waals surface area contributed by atoms with Crippen LogP contribution in [0, 0.1) is 5.92 Å². The van der Waals surface area contributed by atoms with Gasteiger partial charge >= 0.3 is 6.18 Å². The van der Waals surface area contributed by atoms with E-state index in [-0.39, 0.29) is 23.9 Å². The molecule has 0 bridgehead atoms. The predicted molar refractivity (Wildman–Crippen MR) is 114 cm³/mol. The third-order valence-electron chi connectivity index (χ3n) is 5.25. The number of halogens is 5. The van der Waals surface area contributed by atoms with Gasteiger partial charge in [-0.3, -0.25) is 9.79 Å². The monoisotopic (exact) mass is 499 g/mol. The number of aliphatic imine (C=N–C) groups is 1. The zero-order chi connectivity index (χ0) is 25.8. The summed E-state index contributed by atoms with van der Waals surface area (Å²) in [4.78, 5) is 32.9. The van der Waals surface area contributed by atoms with Crippen molar-refractivity contribution in [1.29, 1.82) is 0 Å². The maximum atomic E-state index is 14.4. The molecule has 35 heavy (non-hydrogen) atoms. The van der Waals surface area contributed by atoms with Gasteiger partial charge in [-0.25, -0.2) is 28.7 Å². The summed E-state index contributed by atoms with van der Waals surface area (Å²) in [5, 5.41) is 0. The van der Waals surface area contributed by atoms with E-state index in [4.69, 9.17) is 10.5 Å². The van der Waals surface area contributed by atoms with Crippen LogP contribution in [0.5, 0.6) is 5.88 Å². The second kappa shape index (κ2) is 10.3. The van der Waals surface area contributed by atoms with Gasteiger partial charge in [0.1, 0.15) is 12.3 Å². The third kappa shape index (κ3) is 6.25. The van der Waals surface area contributed by atoms with Crippen molar-refractivity contribution in [2.75, 3.05) is 20.2 Å². The van der Waals surface area contributed by atoms with Crippen LogP contribution in [0.1, 0.15) is 24.9 Å². The summed E-state index contributed by atoms with van der Waals surface area (Å²) in [5.41, 5.74) is 4.52. The average molecular weight is 499 g/mol. The van der Waals surface area contributed by atoms with Crippen LogP contribution in [0.3, 0.4) is 0 Å². The van der Waals surface area contributed by atoms with Crippen molar-refractivity contribution in [2.24, 2.45) is 16.6 Å². The van der Waals surface area contributed by atoms with Gasteiger partial charge in [0.2, 0.25) is 5.88 Å².